The number of likely N-dealkylation sites (N-methyl/N-ethyl adjacent to an activating group) is 2. The van der Waals surface area contributed by atoms with E-state index in [0.29, 0.717) is 6.10 Å². The van der Waals surface area contributed by atoms with Crippen LogP contribution in [0.25, 0.3) is 0 Å². The first-order valence-electron chi connectivity index (χ1n) is 7.37. The van der Waals surface area contributed by atoms with Gasteiger partial charge < -0.3 is 10.5 Å². The van der Waals surface area contributed by atoms with Crippen LogP contribution in [0.2, 0.25) is 0 Å². The standard InChI is InChI=1S/C14H31N3O/c1-5-14(6-2,12-15)16(4)10-13-11-17(7-3)8-9-18-13/h13H,5-12,15H2,1-4H3. The molecule has 0 aromatic carbocycles. The predicted octanol–water partition coefficient (Wildman–Crippen LogP) is 1.16. The van der Waals surface area contributed by atoms with E-state index < -0.39 is 0 Å². The number of nitrogens with zero attached hydrogens (tertiary/aromatic N) is 2. The molecule has 1 saturated heterocycles. The van der Waals surface area contributed by atoms with Crippen LogP contribution in [0.4, 0.5) is 0 Å². The largest absolute Gasteiger partial charge is 0.374 e. The molecule has 1 unspecified atom stereocenters. The molecule has 1 atom stereocenters. The maximum atomic E-state index is 6.00. The number of ether oxygens (including phenoxy) is 1. The van der Waals surface area contributed by atoms with Gasteiger partial charge in [-0.2, -0.15) is 0 Å². The molecule has 4 nitrogen and oxygen atoms in total. The number of hydrogen-bond acceptors (Lipinski definition) is 4. The molecule has 0 spiro atoms. The molecule has 0 amide bonds. The Morgan fingerprint density at radius 2 is 2.00 bits per heavy atom. The van der Waals surface area contributed by atoms with Crippen LogP contribution in [0.3, 0.4) is 0 Å². The summed E-state index contributed by atoms with van der Waals surface area (Å²) in [5.74, 6) is 0. The second-order valence-electron chi connectivity index (χ2n) is 5.40. The van der Waals surface area contributed by atoms with Crippen molar-refractivity contribution in [3.8, 4) is 0 Å². The number of rotatable bonds is 7. The van der Waals surface area contributed by atoms with Crippen molar-refractivity contribution in [2.75, 3.05) is 46.4 Å². The topological polar surface area (TPSA) is 41.7 Å². The van der Waals surface area contributed by atoms with Crippen molar-refractivity contribution in [1.29, 1.82) is 0 Å². The molecule has 108 valence electrons. The van der Waals surface area contributed by atoms with Crippen molar-refractivity contribution in [2.45, 2.75) is 45.3 Å². The summed E-state index contributed by atoms with van der Waals surface area (Å²) < 4.78 is 5.89. The second kappa shape index (κ2) is 7.43. The van der Waals surface area contributed by atoms with Crippen molar-refractivity contribution in [3.63, 3.8) is 0 Å². The van der Waals surface area contributed by atoms with E-state index in [4.69, 9.17) is 10.5 Å². The van der Waals surface area contributed by atoms with Gasteiger partial charge in [0, 0.05) is 31.7 Å². The molecule has 1 aliphatic rings. The van der Waals surface area contributed by atoms with E-state index in [1.807, 2.05) is 0 Å². The summed E-state index contributed by atoms with van der Waals surface area (Å²) >= 11 is 0. The number of nitrogens with two attached hydrogens (primary N) is 1. The molecular formula is C14H31N3O. The van der Waals surface area contributed by atoms with Crippen LogP contribution < -0.4 is 5.73 Å². The van der Waals surface area contributed by atoms with Crippen LogP contribution in [-0.2, 0) is 4.74 Å². The summed E-state index contributed by atoms with van der Waals surface area (Å²) in [6, 6.07) is 0. The SMILES string of the molecule is CCN1CCOC(CN(C)C(CC)(CC)CN)C1. The van der Waals surface area contributed by atoms with Gasteiger partial charge in [-0.1, -0.05) is 20.8 Å². The quantitative estimate of drug-likeness (QED) is 0.743. The summed E-state index contributed by atoms with van der Waals surface area (Å²) in [6.45, 7) is 12.5. The Morgan fingerprint density at radius 1 is 1.33 bits per heavy atom. The highest BCUT2D eigenvalue weighted by molar-refractivity contribution is 4.89. The van der Waals surface area contributed by atoms with Gasteiger partial charge in [-0.05, 0) is 26.4 Å². The zero-order valence-electron chi connectivity index (χ0n) is 12.6. The maximum absolute atomic E-state index is 6.00. The molecular weight excluding hydrogens is 226 g/mol. The Kier molecular flexibility index (Phi) is 6.57. The molecule has 1 fully saturated rings. The second-order valence-corrected chi connectivity index (χ2v) is 5.40. The van der Waals surface area contributed by atoms with Gasteiger partial charge in [-0.25, -0.2) is 0 Å². The summed E-state index contributed by atoms with van der Waals surface area (Å²) in [5, 5.41) is 0. The van der Waals surface area contributed by atoms with Gasteiger partial charge in [-0.15, -0.1) is 0 Å². The molecule has 18 heavy (non-hydrogen) atoms. The monoisotopic (exact) mass is 257 g/mol. The molecule has 1 aliphatic heterocycles. The average molecular weight is 257 g/mol. The highest BCUT2D eigenvalue weighted by Gasteiger charge is 2.32. The first-order valence-corrected chi connectivity index (χ1v) is 7.37. The Balaban J connectivity index is 2.54. The lowest BCUT2D eigenvalue weighted by Gasteiger charge is -2.43. The van der Waals surface area contributed by atoms with Crippen LogP contribution in [0.15, 0.2) is 0 Å². The Hall–Kier alpha value is -0.160. The first kappa shape index (κ1) is 15.9. The Labute approximate surface area is 112 Å². The fourth-order valence-corrected chi connectivity index (χ4v) is 2.91. The summed E-state index contributed by atoms with van der Waals surface area (Å²) in [7, 11) is 2.19. The average Bonchev–Trinajstić information content (AvgIpc) is 2.41. The molecule has 0 aromatic rings. The smallest absolute Gasteiger partial charge is 0.0829 e. The minimum atomic E-state index is 0.137. The van der Waals surface area contributed by atoms with Crippen molar-refractivity contribution in [2.24, 2.45) is 5.73 Å². The Morgan fingerprint density at radius 3 is 2.50 bits per heavy atom. The highest BCUT2D eigenvalue weighted by Crippen LogP contribution is 2.22. The van der Waals surface area contributed by atoms with E-state index in [9.17, 15) is 0 Å². The molecule has 0 aromatic heterocycles. The third-order valence-electron chi connectivity index (χ3n) is 4.65. The zero-order chi connectivity index (χ0) is 13.6. The van der Waals surface area contributed by atoms with E-state index in [2.05, 4.69) is 37.6 Å². The van der Waals surface area contributed by atoms with Crippen molar-refractivity contribution >= 4 is 0 Å². The molecule has 0 radical (unpaired) electrons. The predicted molar refractivity (Wildman–Crippen MR) is 76.9 cm³/mol. The van der Waals surface area contributed by atoms with Gasteiger partial charge in [-0.3, -0.25) is 9.80 Å². The van der Waals surface area contributed by atoms with E-state index in [1.165, 1.54) is 0 Å². The summed E-state index contributed by atoms with van der Waals surface area (Å²) in [6.07, 6.45) is 2.52. The van der Waals surface area contributed by atoms with Gasteiger partial charge in [0.2, 0.25) is 0 Å². The third-order valence-corrected chi connectivity index (χ3v) is 4.65. The Bertz CT molecular complexity index is 223. The first-order chi connectivity index (χ1) is 8.61. The van der Waals surface area contributed by atoms with Crippen LogP contribution >= 0.6 is 0 Å². The lowest BCUT2D eigenvalue weighted by molar-refractivity contribution is -0.0537. The number of morpholine rings is 1. The number of hydrogen-bond donors (Lipinski definition) is 1. The van der Waals surface area contributed by atoms with E-state index in [0.717, 1.165) is 52.2 Å². The van der Waals surface area contributed by atoms with Crippen LogP contribution in [0.1, 0.15) is 33.6 Å². The fourth-order valence-electron chi connectivity index (χ4n) is 2.91. The molecule has 0 saturated carbocycles. The van der Waals surface area contributed by atoms with Crippen LogP contribution in [0, 0.1) is 0 Å². The van der Waals surface area contributed by atoms with Crippen LogP contribution in [-0.4, -0.2) is 67.8 Å². The molecule has 2 N–H and O–H groups in total. The zero-order valence-corrected chi connectivity index (χ0v) is 12.6. The van der Waals surface area contributed by atoms with Crippen molar-refractivity contribution in [1.82, 2.24) is 9.80 Å². The molecule has 1 rings (SSSR count). The lowest BCUT2D eigenvalue weighted by Crippen LogP contribution is -2.56. The normalized spacial score (nSPS) is 22.7. The van der Waals surface area contributed by atoms with Gasteiger partial charge in [0.25, 0.3) is 0 Å². The van der Waals surface area contributed by atoms with Crippen molar-refractivity contribution in [3.05, 3.63) is 0 Å². The minimum Gasteiger partial charge on any atom is -0.374 e. The van der Waals surface area contributed by atoms with Gasteiger partial charge in [0.15, 0.2) is 0 Å². The van der Waals surface area contributed by atoms with E-state index in [-0.39, 0.29) is 5.54 Å². The van der Waals surface area contributed by atoms with E-state index in [1.54, 1.807) is 0 Å². The summed E-state index contributed by atoms with van der Waals surface area (Å²) in [5.41, 5.74) is 6.13. The van der Waals surface area contributed by atoms with E-state index >= 15 is 0 Å². The van der Waals surface area contributed by atoms with Gasteiger partial charge >= 0.3 is 0 Å². The van der Waals surface area contributed by atoms with Crippen molar-refractivity contribution < 1.29 is 4.74 Å². The van der Waals surface area contributed by atoms with Crippen LogP contribution in [0.5, 0.6) is 0 Å². The summed E-state index contributed by atoms with van der Waals surface area (Å²) in [4.78, 5) is 4.88. The minimum absolute atomic E-state index is 0.137. The molecule has 0 bridgehead atoms. The van der Waals surface area contributed by atoms with Gasteiger partial charge in [0.05, 0.1) is 12.7 Å². The molecule has 1 heterocycles. The maximum Gasteiger partial charge on any atom is 0.0829 e. The lowest BCUT2D eigenvalue weighted by atomic mass is 9.90. The molecule has 4 heteroatoms. The van der Waals surface area contributed by atoms with Gasteiger partial charge in [0.1, 0.15) is 0 Å². The third kappa shape index (κ3) is 3.67. The molecule has 0 aliphatic carbocycles. The highest BCUT2D eigenvalue weighted by atomic mass is 16.5. The fraction of sp³-hybridized carbons (Fsp3) is 1.00.